The number of halogens is 2. The van der Waals surface area contributed by atoms with Gasteiger partial charge in [0.15, 0.2) is 5.96 Å². The van der Waals surface area contributed by atoms with Gasteiger partial charge < -0.3 is 15.0 Å². The van der Waals surface area contributed by atoms with Crippen molar-refractivity contribution in [2.24, 2.45) is 12.0 Å². The summed E-state index contributed by atoms with van der Waals surface area (Å²) in [4.78, 5) is 6.30. The van der Waals surface area contributed by atoms with Gasteiger partial charge >= 0.3 is 0 Å². The Morgan fingerprint density at radius 2 is 2.16 bits per heavy atom. The summed E-state index contributed by atoms with van der Waals surface area (Å²) >= 11 is 0. The predicted molar refractivity (Wildman–Crippen MR) is 107 cm³/mol. The van der Waals surface area contributed by atoms with E-state index >= 15 is 0 Å². The zero-order valence-corrected chi connectivity index (χ0v) is 17.3. The Morgan fingerprint density at radius 1 is 1.40 bits per heavy atom. The molecule has 1 heterocycles. The van der Waals surface area contributed by atoms with Crippen LogP contribution in [0.3, 0.4) is 0 Å². The molecule has 8 heteroatoms. The monoisotopic (exact) mass is 461 g/mol. The van der Waals surface area contributed by atoms with Crippen molar-refractivity contribution in [2.75, 3.05) is 21.2 Å². The van der Waals surface area contributed by atoms with Crippen LogP contribution in [0, 0.1) is 5.82 Å². The number of aryl methyl sites for hydroxylation is 1. The van der Waals surface area contributed by atoms with E-state index < -0.39 is 0 Å². The average molecular weight is 461 g/mol. The van der Waals surface area contributed by atoms with Crippen molar-refractivity contribution in [3.8, 4) is 0 Å². The molecule has 0 saturated carbocycles. The fraction of sp³-hybridized carbons (Fsp3) is 0.412. The first-order chi connectivity index (χ1) is 11.5. The molecule has 0 spiro atoms. The standard InChI is InChI=1S/C17H24FN5O.HI/c1-19-17(22(2)10-14-9-21-23(3)11-14)20-8-13-5-6-16(18)15(7-13)12-24-4;/h5-7,9,11H,8,10,12H2,1-4H3,(H,19,20);1H. The lowest BCUT2D eigenvalue weighted by molar-refractivity contribution is 0.181. The number of guanidine groups is 1. The van der Waals surface area contributed by atoms with Crippen LogP contribution in [0.25, 0.3) is 0 Å². The van der Waals surface area contributed by atoms with Gasteiger partial charge in [0.05, 0.1) is 12.8 Å². The number of nitrogens with one attached hydrogen (secondary N) is 1. The maximum Gasteiger partial charge on any atom is 0.193 e. The highest BCUT2D eigenvalue weighted by Crippen LogP contribution is 2.12. The van der Waals surface area contributed by atoms with Gasteiger partial charge in [-0.05, 0) is 17.7 Å². The summed E-state index contributed by atoms with van der Waals surface area (Å²) in [6.07, 6.45) is 3.81. The summed E-state index contributed by atoms with van der Waals surface area (Å²) in [6, 6.07) is 5.03. The van der Waals surface area contributed by atoms with Gasteiger partial charge in [-0.1, -0.05) is 6.07 Å². The largest absolute Gasteiger partial charge is 0.380 e. The van der Waals surface area contributed by atoms with Crippen LogP contribution in [0.15, 0.2) is 35.6 Å². The van der Waals surface area contributed by atoms with E-state index in [-0.39, 0.29) is 36.4 Å². The highest BCUT2D eigenvalue weighted by molar-refractivity contribution is 14.0. The van der Waals surface area contributed by atoms with Gasteiger partial charge in [-0.3, -0.25) is 9.67 Å². The Morgan fingerprint density at radius 3 is 2.76 bits per heavy atom. The summed E-state index contributed by atoms with van der Waals surface area (Å²) in [6.45, 7) is 1.52. The Kier molecular flexibility index (Phi) is 8.84. The first-order valence-electron chi connectivity index (χ1n) is 7.69. The molecular formula is C17H25FIN5O. The summed E-state index contributed by atoms with van der Waals surface area (Å²) < 4.78 is 20.4. The molecule has 2 aromatic rings. The fourth-order valence-electron chi connectivity index (χ4n) is 2.47. The predicted octanol–water partition coefficient (Wildman–Crippen LogP) is 2.53. The quantitative estimate of drug-likeness (QED) is 0.408. The lowest BCUT2D eigenvalue weighted by Crippen LogP contribution is -2.38. The van der Waals surface area contributed by atoms with E-state index in [0.29, 0.717) is 18.7 Å². The van der Waals surface area contributed by atoms with E-state index in [0.717, 1.165) is 17.1 Å². The minimum Gasteiger partial charge on any atom is -0.380 e. The molecule has 0 radical (unpaired) electrons. The minimum atomic E-state index is -0.251. The van der Waals surface area contributed by atoms with Gasteiger partial charge in [-0.2, -0.15) is 5.10 Å². The van der Waals surface area contributed by atoms with Crippen LogP contribution in [0.1, 0.15) is 16.7 Å². The molecule has 0 atom stereocenters. The van der Waals surface area contributed by atoms with Crippen LogP contribution in [0.2, 0.25) is 0 Å². The maximum absolute atomic E-state index is 13.7. The van der Waals surface area contributed by atoms with Crippen molar-refractivity contribution in [1.29, 1.82) is 0 Å². The first-order valence-corrected chi connectivity index (χ1v) is 7.69. The van der Waals surface area contributed by atoms with Crippen molar-refractivity contribution < 1.29 is 9.13 Å². The Hall–Kier alpha value is -1.68. The maximum atomic E-state index is 13.7. The van der Waals surface area contributed by atoms with Gasteiger partial charge in [0.2, 0.25) is 0 Å². The van der Waals surface area contributed by atoms with Crippen LogP contribution in [0.4, 0.5) is 4.39 Å². The molecule has 0 aliphatic rings. The molecule has 1 N–H and O–H groups in total. The van der Waals surface area contributed by atoms with Crippen LogP contribution in [0.5, 0.6) is 0 Å². The van der Waals surface area contributed by atoms with Gasteiger partial charge in [-0.25, -0.2) is 4.39 Å². The molecule has 0 bridgehead atoms. The molecule has 0 aliphatic carbocycles. The number of methoxy groups -OCH3 is 1. The van der Waals surface area contributed by atoms with Gasteiger partial charge in [0.25, 0.3) is 0 Å². The van der Waals surface area contributed by atoms with E-state index in [2.05, 4.69) is 15.4 Å². The van der Waals surface area contributed by atoms with E-state index in [1.807, 2.05) is 31.4 Å². The van der Waals surface area contributed by atoms with Gasteiger partial charge in [0.1, 0.15) is 5.82 Å². The topological polar surface area (TPSA) is 54.7 Å². The second-order valence-electron chi connectivity index (χ2n) is 5.64. The van der Waals surface area contributed by atoms with Crippen molar-refractivity contribution in [3.63, 3.8) is 0 Å². The molecule has 6 nitrogen and oxygen atoms in total. The SMILES string of the molecule is CN=C(NCc1ccc(F)c(COC)c1)N(C)Cc1cnn(C)c1.I. The van der Waals surface area contributed by atoms with E-state index in [9.17, 15) is 4.39 Å². The number of benzene rings is 1. The minimum absolute atomic E-state index is 0. The third kappa shape index (κ3) is 6.28. The Labute approximate surface area is 165 Å². The summed E-state index contributed by atoms with van der Waals surface area (Å²) in [7, 11) is 7.15. The Bertz CT molecular complexity index is 704. The average Bonchev–Trinajstić information content (AvgIpc) is 2.96. The van der Waals surface area contributed by atoms with Crippen LogP contribution in [-0.4, -0.2) is 41.8 Å². The number of nitrogens with zero attached hydrogens (tertiary/aromatic N) is 4. The van der Waals surface area contributed by atoms with E-state index in [1.54, 1.807) is 31.0 Å². The zero-order chi connectivity index (χ0) is 17.5. The molecular weight excluding hydrogens is 436 g/mol. The Balaban J connectivity index is 0.00000312. The number of ether oxygens (including phenoxy) is 1. The number of hydrogen-bond acceptors (Lipinski definition) is 3. The smallest absolute Gasteiger partial charge is 0.193 e. The number of rotatable bonds is 6. The number of aromatic nitrogens is 2. The van der Waals surface area contributed by atoms with Crippen molar-refractivity contribution >= 4 is 29.9 Å². The van der Waals surface area contributed by atoms with Crippen LogP contribution < -0.4 is 5.32 Å². The molecule has 138 valence electrons. The number of aliphatic imine (C=N–C) groups is 1. The molecule has 0 unspecified atom stereocenters. The van der Waals surface area contributed by atoms with Crippen molar-refractivity contribution in [3.05, 3.63) is 53.1 Å². The lowest BCUT2D eigenvalue weighted by atomic mass is 10.1. The first kappa shape index (κ1) is 21.4. The normalized spacial score (nSPS) is 11.2. The van der Waals surface area contributed by atoms with Crippen molar-refractivity contribution in [1.82, 2.24) is 20.0 Å². The molecule has 0 saturated heterocycles. The third-order valence-corrected chi connectivity index (χ3v) is 3.61. The molecule has 2 rings (SSSR count). The van der Waals surface area contributed by atoms with E-state index in [1.165, 1.54) is 6.07 Å². The fourth-order valence-corrected chi connectivity index (χ4v) is 2.47. The van der Waals surface area contributed by atoms with Crippen LogP contribution >= 0.6 is 24.0 Å². The molecule has 0 amide bonds. The van der Waals surface area contributed by atoms with Gasteiger partial charge in [-0.15, -0.1) is 24.0 Å². The highest BCUT2D eigenvalue weighted by Gasteiger charge is 2.09. The van der Waals surface area contributed by atoms with Gasteiger partial charge in [0, 0.05) is 58.7 Å². The van der Waals surface area contributed by atoms with Crippen LogP contribution in [-0.2, 0) is 31.5 Å². The summed E-state index contributed by atoms with van der Waals surface area (Å²) in [5.41, 5.74) is 2.63. The summed E-state index contributed by atoms with van der Waals surface area (Å²) in [5, 5.41) is 7.45. The zero-order valence-electron chi connectivity index (χ0n) is 15.0. The molecule has 1 aromatic carbocycles. The lowest BCUT2D eigenvalue weighted by Gasteiger charge is -2.21. The summed E-state index contributed by atoms with van der Waals surface area (Å²) in [5.74, 6) is 0.509. The molecule has 0 fully saturated rings. The van der Waals surface area contributed by atoms with E-state index in [4.69, 9.17) is 4.74 Å². The molecule has 25 heavy (non-hydrogen) atoms. The molecule has 1 aromatic heterocycles. The van der Waals surface area contributed by atoms with Crippen molar-refractivity contribution in [2.45, 2.75) is 19.7 Å². The molecule has 0 aliphatic heterocycles. The second kappa shape index (κ2) is 10.3. The number of hydrogen-bond donors (Lipinski definition) is 1. The third-order valence-electron chi connectivity index (χ3n) is 3.61. The highest BCUT2D eigenvalue weighted by atomic mass is 127. The second-order valence-corrected chi connectivity index (χ2v) is 5.64.